The number of hydrogen-bond acceptors (Lipinski definition) is 3. The average Bonchev–Trinajstić information content (AvgIpc) is 2.62. The van der Waals surface area contributed by atoms with E-state index in [1.807, 2.05) is 29.2 Å². The molecule has 0 spiro atoms. The lowest BCUT2D eigenvalue weighted by Crippen LogP contribution is -2.46. The number of esters is 1. The molecule has 1 aliphatic carbocycles. The topological polar surface area (TPSA) is 46.6 Å². The van der Waals surface area contributed by atoms with Crippen molar-refractivity contribution in [1.82, 2.24) is 4.90 Å². The van der Waals surface area contributed by atoms with Gasteiger partial charge >= 0.3 is 5.97 Å². The van der Waals surface area contributed by atoms with Crippen molar-refractivity contribution in [2.75, 3.05) is 13.7 Å². The summed E-state index contributed by atoms with van der Waals surface area (Å²) in [5.41, 5.74) is 1.96. The third-order valence-corrected chi connectivity index (χ3v) is 5.51. The van der Waals surface area contributed by atoms with Crippen molar-refractivity contribution in [2.24, 2.45) is 5.92 Å². The van der Waals surface area contributed by atoms with Crippen LogP contribution in [0.25, 0.3) is 0 Å². The molecule has 2 rings (SSSR count). The summed E-state index contributed by atoms with van der Waals surface area (Å²) in [7, 11) is 1.39. The van der Waals surface area contributed by atoms with Crippen LogP contribution in [-0.4, -0.2) is 36.5 Å². The lowest BCUT2D eigenvalue weighted by molar-refractivity contribution is -0.141. The second-order valence-electron chi connectivity index (χ2n) is 8.48. The summed E-state index contributed by atoms with van der Waals surface area (Å²) in [5, 5.41) is 0. The summed E-state index contributed by atoms with van der Waals surface area (Å²) < 4.78 is 4.78. The van der Waals surface area contributed by atoms with Gasteiger partial charge in [0.15, 0.2) is 0 Å². The molecule has 1 aliphatic rings. The van der Waals surface area contributed by atoms with E-state index < -0.39 is 0 Å². The van der Waals surface area contributed by atoms with Gasteiger partial charge in [-0.3, -0.25) is 9.59 Å². The van der Waals surface area contributed by atoms with Crippen molar-refractivity contribution in [3.05, 3.63) is 35.4 Å². The first-order chi connectivity index (χ1) is 12.2. The fourth-order valence-electron chi connectivity index (χ4n) is 3.77. The van der Waals surface area contributed by atoms with Gasteiger partial charge < -0.3 is 9.64 Å². The van der Waals surface area contributed by atoms with Gasteiger partial charge in [-0.25, -0.2) is 0 Å². The maximum atomic E-state index is 13.2. The second-order valence-corrected chi connectivity index (χ2v) is 8.48. The van der Waals surface area contributed by atoms with Crippen LogP contribution in [-0.2, 0) is 14.9 Å². The van der Waals surface area contributed by atoms with Crippen LogP contribution in [0.15, 0.2) is 24.3 Å². The quantitative estimate of drug-likeness (QED) is 0.724. The molecule has 1 aromatic carbocycles. The van der Waals surface area contributed by atoms with Crippen molar-refractivity contribution in [1.29, 1.82) is 0 Å². The highest BCUT2D eigenvalue weighted by atomic mass is 16.5. The normalized spacial score (nSPS) is 20.5. The van der Waals surface area contributed by atoms with Gasteiger partial charge in [0.2, 0.25) is 0 Å². The van der Waals surface area contributed by atoms with Crippen LogP contribution in [0.2, 0.25) is 0 Å². The Hall–Kier alpha value is -1.84. The molecule has 0 aromatic heterocycles. The Kier molecular flexibility index (Phi) is 6.85. The Labute approximate surface area is 157 Å². The molecule has 144 valence electrons. The molecule has 0 heterocycles. The molecule has 1 fully saturated rings. The molecule has 0 N–H and O–H groups in total. The summed E-state index contributed by atoms with van der Waals surface area (Å²) in [6, 6.07) is 8.11. The van der Waals surface area contributed by atoms with Crippen molar-refractivity contribution >= 4 is 11.9 Å². The predicted octanol–water partition coefficient (Wildman–Crippen LogP) is 4.57. The zero-order valence-corrected chi connectivity index (χ0v) is 16.9. The molecular formula is C22H33NO3. The van der Waals surface area contributed by atoms with E-state index in [2.05, 4.69) is 27.7 Å². The fourth-order valence-corrected chi connectivity index (χ4v) is 3.77. The number of carbonyl (C=O) groups is 2. The van der Waals surface area contributed by atoms with E-state index in [0.29, 0.717) is 18.0 Å². The van der Waals surface area contributed by atoms with Gasteiger partial charge in [-0.2, -0.15) is 0 Å². The van der Waals surface area contributed by atoms with E-state index in [0.717, 1.165) is 19.3 Å². The van der Waals surface area contributed by atoms with Crippen LogP contribution in [0.1, 0.15) is 75.7 Å². The molecule has 1 saturated carbocycles. The standard InChI is InChI=1S/C22H33NO3/c1-16-8-6-7-9-19(16)23(15-14-20(24)26-5)21(25)17-10-12-18(13-11-17)22(2,3)4/h10-13,16,19H,6-9,14-15H2,1-5H3. The van der Waals surface area contributed by atoms with Crippen LogP contribution >= 0.6 is 0 Å². The molecule has 1 amide bonds. The Morgan fingerprint density at radius 3 is 2.27 bits per heavy atom. The number of carbonyl (C=O) groups excluding carboxylic acids is 2. The number of hydrogen-bond donors (Lipinski definition) is 0. The van der Waals surface area contributed by atoms with Gasteiger partial charge in [0.05, 0.1) is 13.5 Å². The third-order valence-electron chi connectivity index (χ3n) is 5.51. The first kappa shape index (κ1) is 20.5. The number of methoxy groups -OCH3 is 1. The summed E-state index contributed by atoms with van der Waals surface area (Å²) in [4.78, 5) is 26.8. The predicted molar refractivity (Wildman–Crippen MR) is 104 cm³/mol. The summed E-state index contributed by atoms with van der Waals surface area (Å²) in [6.07, 6.45) is 4.74. The fraction of sp³-hybridized carbons (Fsp3) is 0.636. The van der Waals surface area contributed by atoms with Crippen LogP contribution in [0.4, 0.5) is 0 Å². The highest BCUT2D eigenvalue weighted by Crippen LogP contribution is 2.30. The van der Waals surface area contributed by atoms with Crippen molar-refractivity contribution in [3.63, 3.8) is 0 Å². The van der Waals surface area contributed by atoms with E-state index in [1.54, 1.807) is 0 Å². The van der Waals surface area contributed by atoms with Crippen LogP contribution < -0.4 is 0 Å². The zero-order valence-electron chi connectivity index (χ0n) is 16.9. The van der Waals surface area contributed by atoms with Crippen molar-refractivity contribution < 1.29 is 14.3 Å². The lowest BCUT2D eigenvalue weighted by Gasteiger charge is -2.38. The summed E-state index contributed by atoms with van der Waals surface area (Å²) in [5.74, 6) is 0.210. The minimum Gasteiger partial charge on any atom is -0.469 e. The van der Waals surface area contributed by atoms with Crippen LogP contribution in [0, 0.1) is 5.92 Å². The Bertz CT molecular complexity index is 615. The Morgan fingerprint density at radius 2 is 1.73 bits per heavy atom. The van der Waals surface area contributed by atoms with E-state index in [1.165, 1.54) is 19.1 Å². The first-order valence-electron chi connectivity index (χ1n) is 9.72. The number of ether oxygens (including phenoxy) is 1. The number of amides is 1. The van der Waals surface area contributed by atoms with E-state index in [4.69, 9.17) is 4.74 Å². The number of nitrogens with zero attached hydrogens (tertiary/aromatic N) is 1. The molecule has 4 nitrogen and oxygen atoms in total. The molecular weight excluding hydrogens is 326 g/mol. The highest BCUT2D eigenvalue weighted by molar-refractivity contribution is 5.94. The molecule has 2 unspecified atom stereocenters. The van der Waals surface area contributed by atoms with E-state index in [9.17, 15) is 9.59 Å². The molecule has 4 heteroatoms. The van der Waals surface area contributed by atoms with Crippen LogP contribution in [0.3, 0.4) is 0 Å². The molecule has 26 heavy (non-hydrogen) atoms. The zero-order chi connectivity index (χ0) is 19.3. The van der Waals surface area contributed by atoms with Gasteiger partial charge in [0, 0.05) is 18.2 Å². The molecule has 0 radical (unpaired) electrons. The van der Waals surface area contributed by atoms with Gasteiger partial charge in [-0.15, -0.1) is 0 Å². The van der Waals surface area contributed by atoms with Gasteiger partial charge in [0.1, 0.15) is 0 Å². The van der Waals surface area contributed by atoms with Gasteiger partial charge in [-0.1, -0.05) is 52.7 Å². The SMILES string of the molecule is COC(=O)CCN(C(=O)c1ccc(C(C)(C)C)cc1)C1CCCCC1C. The molecule has 1 aromatic rings. The molecule has 0 aliphatic heterocycles. The first-order valence-corrected chi connectivity index (χ1v) is 9.72. The Morgan fingerprint density at radius 1 is 1.12 bits per heavy atom. The Balaban J connectivity index is 2.22. The van der Waals surface area contributed by atoms with Gasteiger partial charge in [0.25, 0.3) is 5.91 Å². The minimum absolute atomic E-state index is 0.0214. The molecule has 2 atom stereocenters. The number of benzene rings is 1. The average molecular weight is 360 g/mol. The molecule has 0 bridgehead atoms. The highest BCUT2D eigenvalue weighted by Gasteiger charge is 2.31. The largest absolute Gasteiger partial charge is 0.469 e. The summed E-state index contributed by atoms with van der Waals surface area (Å²) in [6.45, 7) is 9.12. The van der Waals surface area contributed by atoms with E-state index >= 15 is 0 Å². The maximum absolute atomic E-state index is 13.2. The third kappa shape index (κ3) is 5.09. The van der Waals surface area contributed by atoms with Crippen LogP contribution in [0.5, 0.6) is 0 Å². The number of rotatable bonds is 5. The lowest BCUT2D eigenvalue weighted by atomic mass is 9.84. The van der Waals surface area contributed by atoms with Crippen molar-refractivity contribution in [3.8, 4) is 0 Å². The minimum atomic E-state index is -0.269. The monoisotopic (exact) mass is 359 g/mol. The van der Waals surface area contributed by atoms with E-state index in [-0.39, 0.29) is 29.8 Å². The second kappa shape index (κ2) is 8.70. The van der Waals surface area contributed by atoms with Gasteiger partial charge in [-0.05, 0) is 41.9 Å². The molecule has 0 saturated heterocycles. The summed E-state index contributed by atoms with van der Waals surface area (Å²) >= 11 is 0. The smallest absolute Gasteiger partial charge is 0.307 e. The van der Waals surface area contributed by atoms with Crippen molar-refractivity contribution in [2.45, 2.75) is 71.3 Å². The maximum Gasteiger partial charge on any atom is 0.307 e.